The van der Waals surface area contributed by atoms with Crippen LogP contribution < -0.4 is 10.2 Å². The third-order valence-electron chi connectivity index (χ3n) is 4.96. The Morgan fingerprint density at radius 3 is 2.62 bits per heavy atom. The van der Waals surface area contributed by atoms with Crippen molar-refractivity contribution >= 4 is 5.69 Å². The van der Waals surface area contributed by atoms with Crippen molar-refractivity contribution in [3.05, 3.63) is 29.8 Å². The molecular weight excluding hydrogens is 258 g/mol. The molecular formula is C18H29N3. The summed E-state index contributed by atoms with van der Waals surface area (Å²) in [5.41, 5.74) is 2.74. The summed E-state index contributed by atoms with van der Waals surface area (Å²) in [6.07, 6.45) is 2.87. The van der Waals surface area contributed by atoms with Crippen LogP contribution in [0.5, 0.6) is 0 Å². The van der Waals surface area contributed by atoms with Gasteiger partial charge in [-0.3, -0.25) is 4.90 Å². The maximum atomic E-state index is 3.69. The van der Waals surface area contributed by atoms with Crippen LogP contribution in [0, 0.1) is 12.8 Å². The van der Waals surface area contributed by atoms with Gasteiger partial charge in [0.1, 0.15) is 0 Å². The van der Waals surface area contributed by atoms with Crippen LogP contribution in [0.1, 0.15) is 25.3 Å². The Balaban J connectivity index is 1.38. The molecule has 3 nitrogen and oxygen atoms in total. The first-order chi connectivity index (χ1) is 10.2. The highest BCUT2D eigenvalue weighted by Gasteiger charge is 2.27. The van der Waals surface area contributed by atoms with Crippen LogP contribution in [0.3, 0.4) is 0 Å². The van der Waals surface area contributed by atoms with Gasteiger partial charge in [0, 0.05) is 51.0 Å². The minimum atomic E-state index is 0.721. The van der Waals surface area contributed by atoms with E-state index in [9.17, 15) is 0 Å². The van der Waals surface area contributed by atoms with E-state index in [0.717, 1.165) is 31.6 Å². The lowest BCUT2D eigenvalue weighted by Crippen LogP contribution is -2.48. The number of anilines is 1. The van der Waals surface area contributed by atoms with Crippen LogP contribution in [-0.4, -0.2) is 50.2 Å². The fourth-order valence-corrected chi connectivity index (χ4v) is 3.27. The summed E-state index contributed by atoms with van der Waals surface area (Å²) in [4.78, 5) is 5.11. The van der Waals surface area contributed by atoms with E-state index in [2.05, 4.69) is 53.2 Å². The van der Waals surface area contributed by atoms with Gasteiger partial charge in [0.2, 0.25) is 0 Å². The summed E-state index contributed by atoms with van der Waals surface area (Å²) >= 11 is 0. The van der Waals surface area contributed by atoms with E-state index in [4.69, 9.17) is 0 Å². The van der Waals surface area contributed by atoms with Gasteiger partial charge in [0.15, 0.2) is 0 Å². The summed E-state index contributed by atoms with van der Waals surface area (Å²) in [7, 11) is 0. The van der Waals surface area contributed by atoms with E-state index in [-0.39, 0.29) is 0 Å². The molecule has 0 amide bonds. The maximum Gasteiger partial charge on any atom is 0.0369 e. The first-order valence-corrected chi connectivity index (χ1v) is 8.50. The van der Waals surface area contributed by atoms with Crippen LogP contribution in [0.4, 0.5) is 5.69 Å². The van der Waals surface area contributed by atoms with Gasteiger partial charge < -0.3 is 10.2 Å². The van der Waals surface area contributed by atoms with Gasteiger partial charge in [-0.1, -0.05) is 12.1 Å². The number of piperazine rings is 1. The van der Waals surface area contributed by atoms with Gasteiger partial charge in [-0.05, 0) is 50.3 Å². The monoisotopic (exact) mass is 287 g/mol. The SMILES string of the molecule is Cc1cccc(N2CCN(CCNC(C)C3CC3)CC2)c1. The zero-order valence-corrected chi connectivity index (χ0v) is 13.5. The summed E-state index contributed by atoms with van der Waals surface area (Å²) in [5.74, 6) is 0.961. The second kappa shape index (κ2) is 6.80. The normalized spacial score (nSPS) is 21.5. The van der Waals surface area contributed by atoms with E-state index < -0.39 is 0 Å². The number of benzene rings is 1. The molecule has 1 aromatic carbocycles. The fourth-order valence-electron chi connectivity index (χ4n) is 3.27. The minimum absolute atomic E-state index is 0.721. The van der Waals surface area contributed by atoms with Crippen molar-refractivity contribution in [2.45, 2.75) is 32.7 Å². The summed E-state index contributed by atoms with van der Waals surface area (Å²) in [5, 5.41) is 3.69. The lowest BCUT2D eigenvalue weighted by atomic mass is 10.2. The van der Waals surface area contributed by atoms with Crippen molar-refractivity contribution in [3.8, 4) is 0 Å². The van der Waals surface area contributed by atoms with E-state index >= 15 is 0 Å². The van der Waals surface area contributed by atoms with Crippen molar-refractivity contribution in [1.82, 2.24) is 10.2 Å². The largest absolute Gasteiger partial charge is 0.369 e. The van der Waals surface area contributed by atoms with Gasteiger partial charge in [0.25, 0.3) is 0 Å². The highest BCUT2D eigenvalue weighted by Crippen LogP contribution is 2.32. The second-order valence-corrected chi connectivity index (χ2v) is 6.75. The van der Waals surface area contributed by atoms with Gasteiger partial charge in [-0.15, -0.1) is 0 Å². The lowest BCUT2D eigenvalue weighted by Gasteiger charge is -2.36. The molecule has 1 unspecified atom stereocenters. The first kappa shape index (κ1) is 14.9. The van der Waals surface area contributed by atoms with Crippen molar-refractivity contribution in [1.29, 1.82) is 0 Å². The Morgan fingerprint density at radius 2 is 1.95 bits per heavy atom. The van der Waals surface area contributed by atoms with E-state index in [1.165, 1.54) is 43.7 Å². The Labute approximate surface area is 129 Å². The second-order valence-electron chi connectivity index (χ2n) is 6.75. The van der Waals surface area contributed by atoms with Crippen molar-refractivity contribution in [2.24, 2.45) is 5.92 Å². The topological polar surface area (TPSA) is 18.5 Å². The minimum Gasteiger partial charge on any atom is -0.369 e. The van der Waals surface area contributed by atoms with E-state index in [1.54, 1.807) is 0 Å². The Hall–Kier alpha value is -1.06. The van der Waals surface area contributed by atoms with E-state index in [1.807, 2.05) is 0 Å². The van der Waals surface area contributed by atoms with E-state index in [0.29, 0.717) is 0 Å². The zero-order chi connectivity index (χ0) is 14.7. The summed E-state index contributed by atoms with van der Waals surface area (Å²) in [6, 6.07) is 9.60. The molecule has 0 bridgehead atoms. The molecule has 21 heavy (non-hydrogen) atoms. The molecule has 1 aliphatic heterocycles. The van der Waals surface area contributed by atoms with Crippen molar-refractivity contribution < 1.29 is 0 Å². The number of hydrogen-bond acceptors (Lipinski definition) is 3. The van der Waals surface area contributed by atoms with Crippen molar-refractivity contribution in [2.75, 3.05) is 44.2 Å². The maximum absolute atomic E-state index is 3.69. The molecule has 3 rings (SSSR count). The first-order valence-electron chi connectivity index (χ1n) is 8.50. The van der Waals surface area contributed by atoms with Gasteiger partial charge in [0.05, 0.1) is 0 Å². The Bertz CT molecular complexity index is 448. The highest BCUT2D eigenvalue weighted by atomic mass is 15.3. The summed E-state index contributed by atoms with van der Waals surface area (Å²) in [6.45, 7) is 11.5. The molecule has 1 heterocycles. The molecule has 1 saturated carbocycles. The predicted octanol–water partition coefficient (Wildman–Crippen LogP) is 2.51. The zero-order valence-electron chi connectivity index (χ0n) is 13.5. The molecule has 1 aromatic rings. The standard InChI is InChI=1S/C18H29N3/c1-15-4-3-5-18(14-15)21-12-10-20(11-13-21)9-8-19-16(2)17-6-7-17/h3-5,14,16-17,19H,6-13H2,1-2H3. The molecule has 1 atom stereocenters. The lowest BCUT2D eigenvalue weighted by molar-refractivity contribution is 0.253. The molecule has 1 aliphatic carbocycles. The summed E-state index contributed by atoms with van der Waals surface area (Å²) < 4.78 is 0. The molecule has 116 valence electrons. The number of nitrogens with zero attached hydrogens (tertiary/aromatic N) is 2. The molecule has 1 N–H and O–H groups in total. The smallest absolute Gasteiger partial charge is 0.0369 e. The van der Waals surface area contributed by atoms with Crippen LogP contribution in [0.2, 0.25) is 0 Å². The molecule has 0 aromatic heterocycles. The quantitative estimate of drug-likeness (QED) is 0.867. The highest BCUT2D eigenvalue weighted by molar-refractivity contribution is 5.48. The predicted molar refractivity (Wildman–Crippen MR) is 90.0 cm³/mol. The number of nitrogens with one attached hydrogen (secondary N) is 1. The van der Waals surface area contributed by atoms with Gasteiger partial charge in [-0.25, -0.2) is 0 Å². The number of rotatable bonds is 6. The van der Waals surface area contributed by atoms with Gasteiger partial charge in [-0.2, -0.15) is 0 Å². The van der Waals surface area contributed by atoms with Crippen LogP contribution in [0.15, 0.2) is 24.3 Å². The van der Waals surface area contributed by atoms with Crippen LogP contribution >= 0.6 is 0 Å². The molecule has 2 fully saturated rings. The molecule has 1 saturated heterocycles. The van der Waals surface area contributed by atoms with Crippen LogP contribution in [0.25, 0.3) is 0 Å². The van der Waals surface area contributed by atoms with Gasteiger partial charge >= 0.3 is 0 Å². The Morgan fingerprint density at radius 1 is 1.19 bits per heavy atom. The van der Waals surface area contributed by atoms with Crippen molar-refractivity contribution in [3.63, 3.8) is 0 Å². The molecule has 0 radical (unpaired) electrons. The molecule has 0 spiro atoms. The third-order valence-corrected chi connectivity index (χ3v) is 4.96. The average Bonchev–Trinajstić information content (AvgIpc) is 3.32. The third kappa shape index (κ3) is 4.21. The molecule has 3 heteroatoms. The van der Waals surface area contributed by atoms with Crippen LogP contribution in [-0.2, 0) is 0 Å². The fraction of sp³-hybridized carbons (Fsp3) is 0.667. The number of aryl methyl sites for hydroxylation is 1. The Kier molecular flexibility index (Phi) is 4.81. The average molecular weight is 287 g/mol. The molecule has 2 aliphatic rings. The number of hydrogen-bond donors (Lipinski definition) is 1.